The van der Waals surface area contributed by atoms with E-state index < -0.39 is 0 Å². The zero-order valence-electron chi connectivity index (χ0n) is 12.9. The summed E-state index contributed by atoms with van der Waals surface area (Å²) < 4.78 is 18.9. The molecule has 0 radical (unpaired) electrons. The van der Waals surface area contributed by atoms with Crippen molar-refractivity contribution in [1.82, 2.24) is 4.90 Å². The van der Waals surface area contributed by atoms with Crippen LogP contribution in [0.1, 0.15) is 12.7 Å². The zero-order valence-corrected chi connectivity index (χ0v) is 13.7. The monoisotopic (exact) mass is 343 g/mol. The molecule has 3 rings (SSSR count). The van der Waals surface area contributed by atoms with E-state index in [1.54, 1.807) is 31.2 Å². The third-order valence-corrected chi connectivity index (χ3v) is 4.46. The van der Waals surface area contributed by atoms with Gasteiger partial charge in [0.15, 0.2) is 0 Å². The highest BCUT2D eigenvalue weighted by Gasteiger charge is 2.37. The Morgan fingerprint density at radius 3 is 2.79 bits per heavy atom. The fourth-order valence-corrected chi connectivity index (χ4v) is 3.19. The van der Waals surface area contributed by atoms with Crippen molar-refractivity contribution < 1.29 is 18.4 Å². The molecule has 1 saturated heterocycles. The Kier molecular flexibility index (Phi) is 4.40. The summed E-state index contributed by atoms with van der Waals surface area (Å²) in [6, 6.07) is 9.03. The number of amides is 2. The van der Waals surface area contributed by atoms with Gasteiger partial charge in [0.05, 0.1) is 10.9 Å². The summed E-state index contributed by atoms with van der Waals surface area (Å²) >= 11 is 0.859. The molecule has 1 unspecified atom stereocenters. The highest BCUT2D eigenvalue weighted by atomic mass is 32.2. The van der Waals surface area contributed by atoms with Crippen LogP contribution in [0, 0.1) is 5.82 Å². The minimum atomic E-state index is -0.374. The van der Waals surface area contributed by atoms with Crippen LogP contribution in [0.15, 0.2) is 58.4 Å². The van der Waals surface area contributed by atoms with Crippen molar-refractivity contribution in [3.8, 4) is 11.3 Å². The number of furan rings is 1. The molecule has 1 aromatic carbocycles. The van der Waals surface area contributed by atoms with Crippen molar-refractivity contribution in [3.63, 3.8) is 0 Å². The number of rotatable bonds is 4. The molecule has 1 fully saturated rings. The maximum Gasteiger partial charge on any atom is 0.294 e. The number of thioether (sulfide) groups is 1. The molecule has 1 aromatic heterocycles. The Morgan fingerprint density at radius 2 is 2.08 bits per heavy atom. The van der Waals surface area contributed by atoms with E-state index in [2.05, 4.69) is 6.58 Å². The normalized spacial score (nSPS) is 17.6. The zero-order chi connectivity index (χ0) is 17.3. The summed E-state index contributed by atoms with van der Waals surface area (Å²) in [5.74, 6) is 0.177. The van der Waals surface area contributed by atoms with Gasteiger partial charge in [-0.05, 0) is 43.0 Å². The van der Waals surface area contributed by atoms with Gasteiger partial charge in [-0.25, -0.2) is 4.39 Å². The molecule has 1 aliphatic rings. The van der Waals surface area contributed by atoms with E-state index in [0.29, 0.717) is 17.1 Å². The average molecular weight is 343 g/mol. The summed E-state index contributed by atoms with van der Waals surface area (Å²) in [4.78, 5) is 25.7. The molecular weight excluding hydrogens is 329 g/mol. The van der Waals surface area contributed by atoms with Gasteiger partial charge in [0, 0.05) is 11.6 Å². The molecule has 2 amide bonds. The molecule has 0 spiro atoms. The number of hydrogen-bond donors (Lipinski definition) is 0. The Labute approximate surface area is 142 Å². The van der Waals surface area contributed by atoms with Gasteiger partial charge < -0.3 is 4.42 Å². The quantitative estimate of drug-likeness (QED) is 0.596. The van der Waals surface area contributed by atoms with Crippen molar-refractivity contribution in [3.05, 3.63) is 65.5 Å². The van der Waals surface area contributed by atoms with Crippen LogP contribution in [-0.4, -0.2) is 22.1 Å². The van der Waals surface area contributed by atoms with Crippen LogP contribution in [-0.2, 0) is 4.79 Å². The van der Waals surface area contributed by atoms with Gasteiger partial charge in [-0.3, -0.25) is 14.5 Å². The Bertz CT molecular complexity index is 855. The highest BCUT2D eigenvalue weighted by Crippen LogP contribution is 2.34. The van der Waals surface area contributed by atoms with Gasteiger partial charge in [-0.15, -0.1) is 6.58 Å². The SMILES string of the molecule is C=CC(C)N1C(=O)S/C(=C\c2ccc(-c3cccc(F)c3)o2)C1=O. The predicted molar refractivity (Wildman–Crippen MR) is 91.6 cm³/mol. The largest absolute Gasteiger partial charge is 0.457 e. The second-order valence-electron chi connectivity index (χ2n) is 5.24. The first kappa shape index (κ1) is 16.3. The summed E-state index contributed by atoms with van der Waals surface area (Å²) in [5.41, 5.74) is 0.600. The predicted octanol–water partition coefficient (Wildman–Crippen LogP) is 4.70. The summed E-state index contributed by atoms with van der Waals surface area (Å²) in [6.45, 7) is 5.33. The molecule has 0 N–H and O–H groups in total. The standard InChI is InChI=1S/C18H14FNO3S/c1-3-11(2)20-17(21)16(24-18(20)22)10-14-7-8-15(23-14)12-5-4-6-13(19)9-12/h3-11H,1H2,2H3/b16-10-. The molecule has 1 aliphatic heterocycles. The third kappa shape index (κ3) is 3.05. The molecule has 4 nitrogen and oxygen atoms in total. The third-order valence-electron chi connectivity index (χ3n) is 3.58. The second-order valence-corrected chi connectivity index (χ2v) is 6.23. The molecule has 1 atom stereocenters. The number of carbonyl (C=O) groups is 2. The minimum Gasteiger partial charge on any atom is -0.457 e. The molecule has 24 heavy (non-hydrogen) atoms. The lowest BCUT2D eigenvalue weighted by molar-refractivity contribution is -0.123. The lowest BCUT2D eigenvalue weighted by Crippen LogP contribution is -2.35. The van der Waals surface area contributed by atoms with Gasteiger partial charge in [0.1, 0.15) is 17.3 Å². The van der Waals surface area contributed by atoms with E-state index in [4.69, 9.17) is 4.42 Å². The van der Waals surface area contributed by atoms with Crippen LogP contribution < -0.4 is 0 Å². The van der Waals surface area contributed by atoms with Gasteiger partial charge in [-0.1, -0.05) is 18.2 Å². The first-order valence-corrected chi connectivity index (χ1v) is 8.06. The number of imide groups is 1. The fourth-order valence-electron chi connectivity index (χ4n) is 2.29. The molecule has 122 valence electrons. The topological polar surface area (TPSA) is 50.5 Å². The smallest absolute Gasteiger partial charge is 0.294 e. The second kappa shape index (κ2) is 6.49. The first-order valence-electron chi connectivity index (χ1n) is 7.25. The van der Waals surface area contributed by atoms with E-state index >= 15 is 0 Å². The molecule has 6 heteroatoms. The van der Waals surface area contributed by atoms with Crippen molar-refractivity contribution >= 4 is 29.0 Å². The van der Waals surface area contributed by atoms with Gasteiger partial charge in [-0.2, -0.15) is 0 Å². The number of benzene rings is 1. The van der Waals surface area contributed by atoms with E-state index in [1.807, 2.05) is 0 Å². The number of hydrogen-bond acceptors (Lipinski definition) is 4. The molecular formula is C18H14FNO3S. The van der Waals surface area contributed by atoms with Crippen molar-refractivity contribution in [2.75, 3.05) is 0 Å². The fraction of sp³-hybridized carbons (Fsp3) is 0.111. The Morgan fingerprint density at radius 1 is 1.29 bits per heavy atom. The summed E-state index contributed by atoms with van der Waals surface area (Å²) in [6.07, 6.45) is 3.05. The van der Waals surface area contributed by atoms with Crippen molar-refractivity contribution in [1.29, 1.82) is 0 Å². The number of carbonyl (C=O) groups excluding carboxylic acids is 2. The van der Waals surface area contributed by atoms with Gasteiger partial charge >= 0.3 is 0 Å². The maximum absolute atomic E-state index is 13.3. The maximum atomic E-state index is 13.3. The average Bonchev–Trinajstić information content (AvgIpc) is 3.12. The summed E-state index contributed by atoms with van der Waals surface area (Å²) in [5, 5.41) is -0.337. The Balaban J connectivity index is 1.86. The van der Waals surface area contributed by atoms with Crippen LogP contribution in [0.4, 0.5) is 9.18 Å². The lowest BCUT2D eigenvalue weighted by atomic mass is 10.2. The van der Waals surface area contributed by atoms with Crippen LogP contribution >= 0.6 is 11.8 Å². The molecule has 2 heterocycles. The molecule has 0 saturated carbocycles. The van der Waals surface area contributed by atoms with Crippen LogP contribution in [0.2, 0.25) is 0 Å². The van der Waals surface area contributed by atoms with E-state index in [-0.39, 0.29) is 27.9 Å². The van der Waals surface area contributed by atoms with Crippen LogP contribution in [0.3, 0.4) is 0 Å². The molecule has 0 bridgehead atoms. The minimum absolute atomic E-state index is 0.286. The molecule has 2 aromatic rings. The van der Waals surface area contributed by atoms with Gasteiger partial charge in [0.25, 0.3) is 11.1 Å². The van der Waals surface area contributed by atoms with Crippen LogP contribution in [0.5, 0.6) is 0 Å². The van der Waals surface area contributed by atoms with Crippen LogP contribution in [0.25, 0.3) is 17.4 Å². The number of halogens is 1. The van der Waals surface area contributed by atoms with Crippen molar-refractivity contribution in [2.45, 2.75) is 13.0 Å². The summed E-state index contributed by atoms with van der Waals surface area (Å²) in [7, 11) is 0. The van der Waals surface area contributed by atoms with E-state index in [1.165, 1.54) is 24.3 Å². The van der Waals surface area contributed by atoms with E-state index in [0.717, 1.165) is 16.7 Å². The molecule has 0 aliphatic carbocycles. The van der Waals surface area contributed by atoms with Gasteiger partial charge in [0.2, 0.25) is 0 Å². The highest BCUT2D eigenvalue weighted by molar-refractivity contribution is 8.18. The first-order chi connectivity index (χ1) is 11.5. The van der Waals surface area contributed by atoms with Crippen molar-refractivity contribution in [2.24, 2.45) is 0 Å². The Hall–Kier alpha value is -2.60. The van der Waals surface area contributed by atoms with E-state index in [9.17, 15) is 14.0 Å². The number of nitrogens with zero attached hydrogens (tertiary/aromatic N) is 1. The lowest BCUT2D eigenvalue weighted by Gasteiger charge is -2.17.